The first-order valence-corrected chi connectivity index (χ1v) is 10.3. The number of likely N-dealkylation sites (N-methyl/N-ethyl adjacent to an activating group) is 1. The summed E-state index contributed by atoms with van der Waals surface area (Å²) in [5.41, 5.74) is 3.80. The Morgan fingerprint density at radius 3 is 2.52 bits per heavy atom. The number of pyridine rings is 1. The average molecular weight is 443 g/mol. The number of halogens is 1. The zero-order valence-corrected chi connectivity index (χ0v) is 18.2. The van der Waals surface area contributed by atoms with E-state index >= 15 is 0 Å². The number of carbonyl (C=O) groups is 2. The molecule has 166 valence electrons. The fourth-order valence-electron chi connectivity index (χ4n) is 3.48. The van der Waals surface area contributed by atoms with Gasteiger partial charge in [0.15, 0.2) is 0 Å². The lowest BCUT2D eigenvalue weighted by molar-refractivity contribution is -0.117. The number of aryl methyl sites for hydroxylation is 1. The van der Waals surface area contributed by atoms with Crippen molar-refractivity contribution < 1.29 is 18.7 Å². The molecule has 1 aromatic heterocycles. The van der Waals surface area contributed by atoms with Gasteiger partial charge in [-0.2, -0.15) is 0 Å². The number of nitrogens with one attached hydrogen (secondary N) is 1. The Morgan fingerprint density at radius 1 is 1.09 bits per heavy atom. The van der Waals surface area contributed by atoms with Crippen molar-refractivity contribution in [3.63, 3.8) is 0 Å². The lowest BCUT2D eigenvalue weighted by Gasteiger charge is -2.18. The van der Waals surface area contributed by atoms with Crippen LogP contribution in [-0.2, 0) is 16.0 Å². The third kappa shape index (κ3) is 4.98. The maximum Gasteiger partial charge on any atom is 0.231 e. The van der Waals surface area contributed by atoms with Crippen molar-refractivity contribution in [1.82, 2.24) is 4.98 Å². The van der Waals surface area contributed by atoms with Gasteiger partial charge in [0.2, 0.25) is 12.3 Å². The summed E-state index contributed by atoms with van der Waals surface area (Å²) in [6.45, 7) is 1.90. The summed E-state index contributed by atoms with van der Waals surface area (Å²) in [6, 6.07) is 18.5. The molecule has 33 heavy (non-hydrogen) atoms. The van der Waals surface area contributed by atoms with Gasteiger partial charge in [-0.15, -0.1) is 0 Å². The molecule has 1 heterocycles. The number of hydrogen-bond acceptors (Lipinski definition) is 4. The van der Waals surface area contributed by atoms with Crippen LogP contribution < -0.4 is 15.0 Å². The molecular weight excluding hydrogens is 421 g/mol. The van der Waals surface area contributed by atoms with E-state index in [0.29, 0.717) is 29.3 Å². The molecule has 2 amide bonds. The molecule has 0 aliphatic carbocycles. The highest BCUT2D eigenvalue weighted by molar-refractivity contribution is 5.94. The Kier molecular flexibility index (Phi) is 6.31. The third-order valence-corrected chi connectivity index (χ3v) is 5.36. The SMILES string of the molecule is Cc1cc2nccc(Oc3ccc(N(C)C(=O)Cc4ccc(F)cc4)cc3)c2cc1NC=O. The van der Waals surface area contributed by atoms with Crippen LogP contribution in [0.3, 0.4) is 0 Å². The second-order valence-corrected chi connectivity index (χ2v) is 7.61. The van der Waals surface area contributed by atoms with Crippen LogP contribution in [0.15, 0.2) is 72.9 Å². The van der Waals surface area contributed by atoms with Crippen molar-refractivity contribution in [2.45, 2.75) is 13.3 Å². The number of anilines is 2. The minimum absolute atomic E-state index is 0.110. The lowest BCUT2D eigenvalue weighted by Crippen LogP contribution is -2.27. The van der Waals surface area contributed by atoms with Crippen LogP contribution in [0.2, 0.25) is 0 Å². The van der Waals surface area contributed by atoms with E-state index in [-0.39, 0.29) is 18.1 Å². The maximum absolute atomic E-state index is 13.1. The summed E-state index contributed by atoms with van der Waals surface area (Å²) >= 11 is 0. The van der Waals surface area contributed by atoms with Gasteiger partial charge in [-0.1, -0.05) is 12.1 Å². The Bertz CT molecular complexity index is 1310. The van der Waals surface area contributed by atoms with E-state index in [1.54, 1.807) is 60.6 Å². The van der Waals surface area contributed by atoms with Crippen LogP contribution >= 0.6 is 0 Å². The Labute approximate surface area is 190 Å². The highest BCUT2D eigenvalue weighted by Crippen LogP contribution is 2.33. The summed E-state index contributed by atoms with van der Waals surface area (Å²) in [6.07, 6.45) is 2.48. The van der Waals surface area contributed by atoms with Crippen molar-refractivity contribution in [1.29, 1.82) is 0 Å². The van der Waals surface area contributed by atoms with E-state index in [0.717, 1.165) is 22.0 Å². The van der Waals surface area contributed by atoms with E-state index in [2.05, 4.69) is 10.3 Å². The van der Waals surface area contributed by atoms with Crippen LogP contribution in [0, 0.1) is 12.7 Å². The molecule has 4 aromatic rings. The fourth-order valence-corrected chi connectivity index (χ4v) is 3.48. The minimum atomic E-state index is -0.330. The van der Waals surface area contributed by atoms with Gasteiger partial charge in [0.25, 0.3) is 0 Å². The summed E-state index contributed by atoms with van der Waals surface area (Å²) in [4.78, 5) is 29.4. The van der Waals surface area contributed by atoms with Crippen LogP contribution in [0.5, 0.6) is 11.5 Å². The number of nitrogens with zero attached hydrogens (tertiary/aromatic N) is 2. The molecule has 1 N–H and O–H groups in total. The molecule has 0 spiro atoms. The lowest BCUT2D eigenvalue weighted by atomic mass is 10.1. The second-order valence-electron chi connectivity index (χ2n) is 7.61. The first kappa shape index (κ1) is 22.0. The zero-order chi connectivity index (χ0) is 23.4. The van der Waals surface area contributed by atoms with Crippen molar-refractivity contribution in [3.8, 4) is 11.5 Å². The number of fused-ring (bicyclic) bond motifs is 1. The molecule has 7 heteroatoms. The van der Waals surface area contributed by atoms with Crippen LogP contribution in [-0.4, -0.2) is 24.3 Å². The Morgan fingerprint density at radius 2 is 1.82 bits per heavy atom. The molecule has 0 saturated heterocycles. The fraction of sp³-hybridized carbons (Fsp3) is 0.115. The number of benzene rings is 3. The van der Waals surface area contributed by atoms with Crippen molar-refractivity contribution in [3.05, 3.63) is 89.9 Å². The normalized spacial score (nSPS) is 10.6. The first-order chi connectivity index (χ1) is 15.9. The van der Waals surface area contributed by atoms with E-state index in [4.69, 9.17) is 4.74 Å². The highest BCUT2D eigenvalue weighted by atomic mass is 19.1. The predicted molar refractivity (Wildman–Crippen MR) is 126 cm³/mol. The largest absolute Gasteiger partial charge is 0.457 e. The molecule has 0 aliphatic heterocycles. The van der Waals surface area contributed by atoms with E-state index in [1.807, 2.05) is 19.1 Å². The Hall–Kier alpha value is -4.26. The molecule has 6 nitrogen and oxygen atoms in total. The molecule has 0 atom stereocenters. The molecular formula is C26H22FN3O3. The Balaban J connectivity index is 1.51. The molecule has 3 aromatic carbocycles. The van der Waals surface area contributed by atoms with Gasteiger partial charge in [0.05, 0.1) is 11.9 Å². The standard InChI is InChI=1S/C26H22FN3O3/c1-17-13-24-22(15-23(17)29-16-31)25(11-12-28-24)33-21-9-7-20(8-10-21)30(2)26(32)14-18-3-5-19(27)6-4-18/h3-13,15-16H,14H2,1-2H3,(H,29,31). The van der Waals surface area contributed by atoms with Gasteiger partial charge in [-0.25, -0.2) is 4.39 Å². The number of rotatable bonds is 7. The van der Waals surface area contributed by atoms with Crippen LogP contribution in [0.1, 0.15) is 11.1 Å². The highest BCUT2D eigenvalue weighted by Gasteiger charge is 2.13. The van der Waals surface area contributed by atoms with Gasteiger partial charge in [-0.05, 0) is 72.6 Å². The number of carbonyl (C=O) groups excluding carboxylic acids is 2. The molecule has 0 fully saturated rings. The van der Waals surface area contributed by atoms with Crippen molar-refractivity contribution in [2.24, 2.45) is 0 Å². The number of aromatic nitrogens is 1. The maximum atomic E-state index is 13.1. The first-order valence-electron chi connectivity index (χ1n) is 10.3. The third-order valence-electron chi connectivity index (χ3n) is 5.36. The monoisotopic (exact) mass is 443 g/mol. The predicted octanol–water partition coefficient (Wildman–Crippen LogP) is 5.25. The van der Waals surface area contributed by atoms with Gasteiger partial charge in [-0.3, -0.25) is 14.6 Å². The summed E-state index contributed by atoms with van der Waals surface area (Å²) in [5, 5.41) is 3.46. The number of amides is 2. The van der Waals surface area contributed by atoms with Gasteiger partial charge >= 0.3 is 0 Å². The van der Waals surface area contributed by atoms with Crippen molar-refractivity contribution >= 4 is 34.6 Å². The second kappa shape index (κ2) is 9.48. The van der Waals surface area contributed by atoms with Crippen LogP contribution in [0.25, 0.3) is 10.9 Å². The smallest absolute Gasteiger partial charge is 0.231 e. The van der Waals surface area contributed by atoms with E-state index in [9.17, 15) is 14.0 Å². The van der Waals surface area contributed by atoms with E-state index < -0.39 is 0 Å². The molecule has 4 rings (SSSR count). The molecule has 0 bridgehead atoms. The molecule has 0 unspecified atom stereocenters. The van der Waals surface area contributed by atoms with Crippen LogP contribution in [0.4, 0.5) is 15.8 Å². The average Bonchev–Trinajstić information content (AvgIpc) is 2.81. The zero-order valence-electron chi connectivity index (χ0n) is 18.2. The van der Waals surface area contributed by atoms with E-state index in [1.165, 1.54) is 12.1 Å². The summed E-state index contributed by atoms with van der Waals surface area (Å²) in [7, 11) is 1.70. The van der Waals surface area contributed by atoms with Crippen molar-refractivity contribution in [2.75, 3.05) is 17.3 Å². The van der Waals surface area contributed by atoms with Gasteiger partial charge in [0, 0.05) is 30.0 Å². The number of ether oxygens (including phenoxy) is 1. The number of hydrogen-bond donors (Lipinski definition) is 1. The quantitative estimate of drug-likeness (QED) is 0.396. The molecule has 0 radical (unpaired) electrons. The molecule has 0 aliphatic rings. The summed E-state index contributed by atoms with van der Waals surface area (Å²) in [5.74, 6) is 0.753. The van der Waals surface area contributed by atoms with Gasteiger partial charge < -0.3 is 15.0 Å². The topological polar surface area (TPSA) is 71.5 Å². The minimum Gasteiger partial charge on any atom is -0.457 e. The molecule has 0 saturated carbocycles. The van der Waals surface area contributed by atoms with Gasteiger partial charge in [0.1, 0.15) is 17.3 Å². The summed E-state index contributed by atoms with van der Waals surface area (Å²) < 4.78 is 19.1.